The van der Waals surface area contributed by atoms with E-state index in [9.17, 15) is 19.5 Å². The summed E-state index contributed by atoms with van der Waals surface area (Å²) in [6.45, 7) is 3.63. The highest BCUT2D eigenvalue weighted by Crippen LogP contribution is 2.44. The molecular formula is C28H34N2O5. The molecular weight excluding hydrogens is 444 g/mol. The molecule has 35 heavy (non-hydrogen) atoms. The van der Waals surface area contributed by atoms with Crippen molar-refractivity contribution in [2.45, 2.75) is 64.0 Å². The first kappa shape index (κ1) is 24.8. The summed E-state index contributed by atoms with van der Waals surface area (Å²) < 4.78 is 5.66. The molecule has 2 aromatic rings. The molecule has 0 heterocycles. The van der Waals surface area contributed by atoms with Crippen LogP contribution in [-0.4, -0.2) is 53.2 Å². The van der Waals surface area contributed by atoms with Crippen LogP contribution >= 0.6 is 0 Å². The van der Waals surface area contributed by atoms with Crippen LogP contribution in [0.4, 0.5) is 4.79 Å². The SMILES string of the molecule is CCC(C)[C@H](NC(=O)OCC1c2ccccc2-c2ccccc21)C(=O)N(CC(=O)O)C1CCCC1. The topological polar surface area (TPSA) is 95.9 Å². The summed E-state index contributed by atoms with van der Waals surface area (Å²) >= 11 is 0. The number of aliphatic carboxylic acids is 1. The number of carboxylic acids is 1. The molecule has 1 unspecified atom stereocenters. The molecule has 4 rings (SSSR count). The van der Waals surface area contributed by atoms with Gasteiger partial charge in [0, 0.05) is 12.0 Å². The van der Waals surface area contributed by atoms with E-state index in [-0.39, 0.29) is 36.9 Å². The van der Waals surface area contributed by atoms with E-state index in [0.29, 0.717) is 6.42 Å². The van der Waals surface area contributed by atoms with Crippen molar-refractivity contribution in [1.29, 1.82) is 0 Å². The highest BCUT2D eigenvalue weighted by molar-refractivity contribution is 5.88. The normalized spacial score (nSPS) is 16.7. The average Bonchev–Trinajstić information content (AvgIpc) is 3.50. The molecule has 0 bridgehead atoms. The fraction of sp³-hybridized carbons (Fsp3) is 0.464. The molecule has 2 N–H and O–H groups in total. The third-order valence-electron chi connectivity index (χ3n) is 7.45. The van der Waals surface area contributed by atoms with Crippen LogP contribution in [0.2, 0.25) is 0 Å². The Morgan fingerprint density at radius 2 is 1.60 bits per heavy atom. The number of amides is 2. The molecule has 7 nitrogen and oxygen atoms in total. The predicted octanol–water partition coefficient (Wildman–Crippen LogP) is 4.80. The largest absolute Gasteiger partial charge is 0.480 e. The third kappa shape index (κ3) is 5.34. The molecule has 2 atom stereocenters. The van der Waals surface area contributed by atoms with Crippen molar-refractivity contribution in [3.05, 3.63) is 59.7 Å². The Morgan fingerprint density at radius 3 is 2.14 bits per heavy atom. The first-order valence-electron chi connectivity index (χ1n) is 12.5. The van der Waals surface area contributed by atoms with Crippen LogP contribution in [-0.2, 0) is 14.3 Å². The van der Waals surface area contributed by atoms with Gasteiger partial charge >= 0.3 is 12.1 Å². The second-order valence-corrected chi connectivity index (χ2v) is 9.63. The van der Waals surface area contributed by atoms with Gasteiger partial charge in [-0.15, -0.1) is 0 Å². The van der Waals surface area contributed by atoms with Gasteiger partial charge in [-0.05, 0) is 41.0 Å². The summed E-state index contributed by atoms with van der Waals surface area (Å²) in [7, 11) is 0. The van der Waals surface area contributed by atoms with Crippen LogP contribution in [0, 0.1) is 5.92 Å². The van der Waals surface area contributed by atoms with Gasteiger partial charge in [0.2, 0.25) is 5.91 Å². The number of carboxylic acid groups (broad SMARTS) is 1. The number of alkyl carbamates (subject to hydrolysis) is 1. The minimum absolute atomic E-state index is 0.0760. The highest BCUT2D eigenvalue weighted by atomic mass is 16.5. The Bertz CT molecular complexity index is 1030. The first-order chi connectivity index (χ1) is 16.9. The van der Waals surface area contributed by atoms with Gasteiger partial charge in [-0.25, -0.2) is 4.79 Å². The summed E-state index contributed by atoms with van der Waals surface area (Å²) in [5, 5.41) is 12.2. The lowest BCUT2D eigenvalue weighted by atomic mass is 9.97. The fourth-order valence-corrected chi connectivity index (χ4v) is 5.38. The van der Waals surface area contributed by atoms with E-state index in [4.69, 9.17) is 4.74 Å². The molecule has 2 amide bonds. The lowest BCUT2D eigenvalue weighted by molar-refractivity contribution is -0.147. The zero-order valence-corrected chi connectivity index (χ0v) is 20.4. The summed E-state index contributed by atoms with van der Waals surface area (Å²) in [6.07, 6.45) is 3.52. The van der Waals surface area contributed by atoms with Gasteiger partial charge < -0.3 is 20.1 Å². The summed E-state index contributed by atoms with van der Waals surface area (Å²) in [5.74, 6) is -1.63. The van der Waals surface area contributed by atoms with Gasteiger partial charge in [0.15, 0.2) is 0 Å². The highest BCUT2D eigenvalue weighted by Gasteiger charge is 2.36. The molecule has 2 aliphatic carbocycles. The van der Waals surface area contributed by atoms with Crippen molar-refractivity contribution in [1.82, 2.24) is 10.2 Å². The van der Waals surface area contributed by atoms with Crippen LogP contribution in [0.25, 0.3) is 11.1 Å². The number of nitrogens with zero attached hydrogens (tertiary/aromatic N) is 1. The van der Waals surface area contributed by atoms with Gasteiger partial charge in [0.05, 0.1) is 0 Å². The second-order valence-electron chi connectivity index (χ2n) is 9.63. The fourth-order valence-electron chi connectivity index (χ4n) is 5.38. The molecule has 2 aromatic carbocycles. The summed E-state index contributed by atoms with van der Waals surface area (Å²) in [5.41, 5.74) is 4.52. The Kier molecular flexibility index (Phi) is 7.73. The van der Waals surface area contributed by atoms with Gasteiger partial charge in [0.25, 0.3) is 0 Å². The first-order valence-corrected chi connectivity index (χ1v) is 12.5. The van der Waals surface area contributed by atoms with Crippen molar-refractivity contribution in [2.24, 2.45) is 5.92 Å². The van der Waals surface area contributed by atoms with Crippen molar-refractivity contribution >= 4 is 18.0 Å². The minimum Gasteiger partial charge on any atom is -0.480 e. The molecule has 7 heteroatoms. The number of fused-ring (bicyclic) bond motifs is 3. The Hall–Kier alpha value is -3.35. The molecule has 0 aliphatic heterocycles. The number of ether oxygens (including phenoxy) is 1. The van der Waals surface area contributed by atoms with Gasteiger partial charge in [-0.3, -0.25) is 9.59 Å². The lowest BCUT2D eigenvalue weighted by Gasteiger charge is -2.33. The quantitative estimate of drug-likeness (QED) is 0.540. The molecule has 0 saturated heterocycles. The summed E-state index contributed by atoms with van der Waals surface area (Å²) in [4.78, 5) is 39.3. The maximum absolute atomic E-state index is 13.5. The molecule has 1 fully saturated rings. The molecule has 1 saturated carbocycles. The standard InChI is InChI=1S/C28H34N2O5/c1-3-18(2)26(27(33)30(16-25(31)32)19-10-4-5-11-19)29-28(34)35-17-24-22-14-8-6-12-20(22)21-13-7-9-15-23(21)24/h6-9,12-15,18-19,24,26H,3-5,10-11,16-17H2,1-2H3,(H,29,34)(H,31,32)/t18?,26-/m0/s1. The maximum Gasteiger partial charge on any atom is 0.407 e. The number of benzene rings is 2. The monoisotopic (exact) mass is 478 g/mol. The Morgan fingerprint density at radius 1 is 1.03 bits per heavy atom. The van der Waals surface area contributed by atoms with E-state index in [1.54, 1.807) is 0 Å². The van der Waals surface area contributed by atoms with E-state index < -0.39 is 18.1 Å². The van der Waals surface area contributed by atoms with E-state index in [1.165, 1.54) is 4.90 Å². The van der Waals surface area contributed by atoms with Crippen LogP contribution in [0.1, 0.15) is 63.0 Å². The molecule has 186 valence electrons. The van der Waals surface area contributed by atoms with Crippen LogP contribution in [0.3, 0.4) is 0 Å². The van der Waals surface area contributed by atoms with Crippen molar-refractivity contribution < 1.29 is 24.2 Å². The minimum atomic E-state index is -1.05. The molecule has 0 spiro atoms. The number of nitrogens with one attached hydrogen (secondary N) is 1. The summed E-state index contributed by atoms with van der Waals surface area (Å²) in [6, 6.07) is 15.3. The van der Waals surface area contributed by atoms with E-state index in [2.05, 4.69) is 29.6 Å². The zero-order chi connectivity index (χ0) is 24.9. The smallest absolute Gasteiger partial charge is 0.407 e. The van der Waals surface area contributed by atoms with Crippen LogP contribution in [0.15, 0.2) is 48.5 Å². The van der Waals surface area contributed by atoms with Crippen LogP contribution < -0.4 is 5.32 Å². The number of carbonyl (C=O) groups excluding carboxylic acids is 2. The number of carbonyl (C=O) groups is 3. The zero-order valence-electron chi connectivity index (χ0n) is 20.4. The molecule has 0 radical (unpaired) electrons. The number of hydrogen-bond donors (Lipinski definition) is 2. The van der Waals surface area contributed by atoms with Crippen LogP contribution in [0.5, 0.6) is 0 Å². The van der Waals surface area contributed by atoms with Gasteiger partial charge in [0.1, 0.15) is 19.2 Å². The van der Waals surface area contributed by atoms with E-state index in [0.717, 1.165) is 47.9 Å². The lowest BCUT2D eigenvalue weighted by Crippen LogP contribution is -2.55. The molecule has 0 aromatic heterocycles. The Labute approximate surface area is 206 Å². The van der Waals surface area contributed by atoms with Crippen molar-refractivity contribution in [3.63, 3.8) is 0 Å². The van der Waals surface area contributed by atoms with Crippen molar-refractivity contribution in [2.75, 3.05) is 13.2 Å². The van der Waals surface area contributed by atoms with Gasteiger partial charge in [-0.1, -0.05) is 81.6 Å². The third-order valence-corrected chi connectivity index (χ3v) is 7.45. The van der Waals surface area contributed by atoms with Gasteiger partial charge in [-0.2, -0.15) is 0 Å². The maximum atomic E-state index is 13.5. The van der Waals surface area contributed by atoms with E-state index in [1.807, 2.05) is 38.1 Å². The predicted molar refractivity (Wildman–Crippen MR) is 133 cm³/mol. The average molecular weight is 479 g/mol. The van der Waals surface area contributed by atoms with E-state index >= 15 is 0 Å². The molecule has 2 aliphatic rings. The second kappa shape index (κ2) is 10.9. The number of hydrogen-bond acceptors (Lipinski definition) is 4. The number of rotatable bonds is 9. The Balaban J connectivity index is 1.46. The van der Waals surface area contributed by atoms with Crippen molar-refractivity contribution in [3.8, 4) is 11.1 Å².